The lowest BCUT2D eigenvalue weighted by molar-refractivity contribution is -0.138. The lowest BCUT2D eigenvalue weighted by Crippen LogP contribution is -2.14. The Kier molecular flexibility index (Phi) is 12.6. The minimum Gasteiger partial charge on any atom is -0.497 e. The van der Waals surface area contributed by atoms with Crippen LogP contribution in [-0.2, 0) is 32.0 Å². The number of sulfone groups is 2. The highest BCUT2D eigenvalue weighted by Gasteiger charge is 2.35. The summed E-state index contributed by atoms with van der Waals surface area (Å²) in [5.41, 5.74) is 6.33. The highest BCUT2D eigenvalue weighted by atomic mass is 35.5. The van der Waals surface area contributed by atoms with E-state index in [0.717, 1.165) is 33.6 Å². The van der Waals surface area contributed by atoms with E-state index in [1.807, 2.05) is 0 Å². The molecule has 20 heteroatoms. The minimum atomic E-state index is -4.68. The molecule has 0 saturated heterocycles. The molecule has 0 aliphatic rings. The van der Waals surface area contributed by atoms with Gasteiger partial charge in [0.15, 0.2) is 19.7 Å². The van der Waals surface area contributed by atoms with Gasteiger partial charge in [0.25, 0.3) is 0 Å². The smallest absolute Gasteiger partial charge is 0.416 e. The monoisotopic (exact) mass is 869 g/mol. The molecule has 0 spiro atoms. The predicted octanol–water partition coefficient (Wildman–Crippen LogP) is 8.96. The third kappa shape index (κ3) is 9.11. The van der Waals surface area contributed by atoms with Crippen molar-refractivity contribution < 1.29 is 52.7 Å². The summed E-state index contributed by atoms with van der Waals surface area (Å²) in [6, 6.07) is 18.8. The van der Waals surface area contributed by atoms with Gasteiger partial charge in [-0.1, -0.05) is 49.7 Å². The van der Waals surface area contributed by atoms with Gasteiger partial charge < -0.3 is 15.2 Å². The third-order valence-corrected chi connectivity index (χ3v) is 12.7. The van der Waals surface area contributed by atoms with Crippen LogP contribution in [0.25, 0.3) is 33.6 Å². The first kappa shape index (κ1) is 43.6. The molecule has 4 aromatic carbocycles. The number of anilines is 1. The molecular formula is C38H34ClF6N5O6S2. The van der Waals surface area contributed by atoms with Gasteiger partial charge in [-0.05, 0) is 71.8 Å². The molecule has 0 aliphatic heterocycles. The molecule has 58 heavy (non-hydrogen) atoms. The summed E-state index contributed by atoms with van der Waals surface area (Å²) in [4.78, 5) is -0.966. The first-order chi connectivity index (χ1) is 27.2. The molecular weight excluding hydrogens is 836 g/mol. The van der Waals surface area contributed by atoms with Gasteiger partial charge in [-0.2, -0.15) is 36.5 Å². The molecule has 0 saturated carbocycles. The van der Waals surface area contributed by atoms with E-state index in [4.69, 9.17) is 26.8 Å². The van der Waals surface area contributed by atoms with Crippen molar-refractivity contribution in [2.24, 2.45) is 0 Å². The molecule has 0 amide bonds. The second-order valence-electron chi connectivity index (χ2n) is 12.2. The summed E-state index contributed by atoms with van der Waals surface area (Å²) < 4.78 is 141. The van der Waals surface area contributed by atoms with Crippen LogP contribution in [0.3, 0.4) is 0 Å². The number of hydrogen-bond acceptors (Lipinski definition) is 9. The van der Waals surface area contributed by atoms with E-state index < -0.39 is 52.9 Å². The van der Waals surface area contributed by atoms with Gasteiger partial charge in [0.2, 0.25) is 0 Å². The minimum absolute atomic E-state index is 0.0443. The topological polar surface area (TPSA) is 148 Å². The molecule has 0 atom stereocenters. The maximum atomic E-state index is 13.1. The Hall–Kier alpha value is -5.53. The van der Waals surface area contributed by atoms with Gasteiger partial charge in [-0.25, -0.2) is 26.2 Å². The summed E-state index contributed by atoms with van der Waals surface area (Å²) in [5, 5.41) is 8.30. The summed E-state index contributed by atoms with van der Waals surface area (Å²) >= 11 is 6.41. The number of nitrogens with two attached hydrogens (primary N) is 1. The standard InChI is InChI=1S/C19H16ClF3N2O3S.C19H18F3N3O3S/c1-3-29(26,27)17-10-13(19(21,22)23)6-9-16(17)25-18(20)15(11-24-25)12-4-7-14(28-2)8-5-12;1-3-29(26,27)17-10-13(19(20,21)22)6-9-16(17)25-18(23)15(11-24-25)12-4-7-14(28-2)8-5-12/h4-11H,3H2,1-2H3;4-11H,3,23H2,1-2H3. The predicted molar refractivity (Wildman–Crippen MR) is 206 cm³/mol. The van der Waals surface area contributed by atoms with E-state index in [-0.39, 0.29) is 33.9 Å². The van der Waals surface area contributed by atoms with E-state index in [1.165, 1.54) is 40.5 Å². The number of alkyl halides is 6. The van der Waals surface area contributed by atoms with Crippen LogP contribution < -0.4 is 15.2 Å². The van der Waals surface area contributed by atoms with Crippen molar-refractivity contribution in [1.82, 2.24) is 19.6 Å². The molecule has 0 unspecified atom stereocenters. The molecule has 308 valence electrons. The lowest BCUT2D eigenvalue weighted by Gasteiger charge is -2.14. The number of hydrogen-bond donors (Lipinski definition) is 1. The molecule has 11 nitrogen and oxygen atoms in total. The molecule has 0 bridgehead atoms. The summed E-state index contributed by atoms with van der Waals surface area (Å²) in [6.45, 7) is 2.71. The zero-order chi connectivity index (χ0) is 42.8. The fourth-order valence-electron chi connectivity index (χ4n) is 5.55. The van der Waals surface area contributed by atoms with Gasteiger partial charge in [0.05, 0.1) is 70.4 Å². The van der Waals surface area contributed by atoms with Crippen molar-refractivity contribution in [2.75, 3.05) is 31.5 Å². The zero-order valence-electron chi connectivity index (χ0n) is 30.9. The fourth-order valence-corrected chi connectivity index (χ4v) is 8.02. The number of benzene rings is 4. The van der Waals surface area contributed by atoms with Gasteiger partial charge in [0.1, 0.15) is 22.5 Å². The van der Waals surface area contributed by atoms with E-state index in [2.05, 4.69) is 10.2 Å². The Labute approximate surface area is 334 Å². The van der Waals surface area contributed by atoms with Crippen molar-refractivity contribution >= 4 is 37.1 Å². The zero-order valence-corrected chi connectivity index (χ0v) is 33.3. The third-order valence-electron chi connectivity index (χ3n) is 8.78. The molecule has 0 aliphatic carbocycles. The summed E-state index contributed by atoms with van der Waals surface area (Å²) in [7, 11) is -4.89. The van der Waals surface area contributed by atoms with Gasteiger partial charge in [-0.15, -0.1) is 0 Å². The van der Waals surface area contributed by atoms with E-state index >= 15 is 0 Å². The van der Waals surface area contributed by atoms with Crippen LogP contribution in [0.4, 0.5) is 32.2 Å². The van der Waals surface area contributed by atoms with Crippen molar-refractivity contribution in [3.05, 3.63) is 114 Å². The largest absolute Gasteiger partial charge is 0.497 e. The summed E-state index contributed by atoms with van der Waals surface area (Å²) in [5.74, 6) is 0.636. The highest BCUT2D eigenvalue weighted by molar-refractivity contribution is 7.91. The van der Waals surface area contributed by atoms with Crippen molar-refractivity contribution in [3.8, 4) is 45.1 Å². The van der Waals surface area contributed by atoms with Crippen LogP contribution in [0.15, 0.2) is 107 Å². The SMILES string of the molecule is CCS(=O)(=O)c1cc(C(F)(F)F)ccc1-n1ncc(-c2ccc(OC)cc2)c1Cl.CCS(=O)(=O)c1cc(C(F)(F)F)ccc1-n1ncc(-c2ccc(OC)cc2)c1N. The van der Waals surface area contributed by atoms with Gasteiger partial charge >= 0.3 is 12.4 Å². The number of aromatic nitrogens is 4. The Bertz CT molecular complexity index is 2460. The molecule has 6 rings (SSSR count). The number of ether oxygens (including phenoxy) is 2. The number of rotatable bonds is 10. The van der Waals surface area contributed by atoms with E-state index in [1.54, 1.807) is 48.5 Å². The summed E-state index contributed by atoms with van der Waals surface area (Å²) in [6.07, 6.45) is -6.51. The van der Waals surface area contributed by atoms with Crippen LogP contribution >= 0.6 is 11.6 Å². The number of nitrogens with zero attached hydrogens (tertiary/aromatic N) is 4. The lowest BCUT2D eigenvalue weighted by atomic mass is 10.1. The van der Waals surface area contributed by atoms with Crippen molar-refractivity contribution in [3.63, 3.8) is 0 Å². The van der Waals surface area contributed by atoms with Crippen LogP contribution in [0, 0.1) is 0 Å². The fraction of sp³-hybridized carbons (Fsp3) is 0.211. The van der Waals surface area contributed by atoms with Gasteiger partial charge in [-0.3, -0.25) is 0 Å². The maximum Gasteiger partial charge on any atom is 0.416 e. The number of methoxy groups -OCH3 is 2. The first-order valence-electron chi connectivity index (χ1n) is 16.9. The molecule has 2 heterocycles. The van der Waals surface area contributed by atoms with Gasteiger partial charge in [0, 0.05) is 11.1 Å². The van der Waals surface area contributed by atoms with E-state index in [9.17, 15) is 43.2 Å². The van der Waals surface area contributed by atoms with Crippen LogP contribution in [-0.4, -0.2) is 62.1 Å². The molecule has 0 radical (unpaired) electrons. The Morgan fingerprint density at radius 2 is 1.00 bits per heavy atom. The Morgan fingerprint density at radius 1 is 0.621 bits per heavy atom. The molecule has 0 fully saturated rings. The van der Waals surface area contributed by atoms with Crippen molar-refractivity contribution in [1.29, 1.82) is 0 Å². The highest BCUT2D eigenvalue weighted by Crippen LogP contribution is 2.38. The number of nitrogen functional groups attached to an aromatic ring is 1. The maximum absolute atomic E-state index is 13.1. The Balaban J connectivity index is 0.000000221. The average Bonchev–Trinajstić information content (AvgIpc) is 3.78. The molecule has 2 N–H and O–H groups in total. The quantitative estimate of drug-likeness (QED) is 0.133. The molecule has 2 aromatic heterocycles. The second kappa shape index (κ2) is 16.8. The van der Waals surface area contributed by atoms with Crippen LogP contribution in [0.2, 0.25) is 5.15 Å². The van der Waals surface area contributed by atoms with Crippen LogP contribution in [0.5, 0.6) is 11.5 Å². The average molecular weight is 870 g/mol. The number of halogens is 7. The Morgan fingerprint density at radius 3 is 1.40 bits per heavy atom. The first-order valence-corrected chi connectivity index (χ1v) is 20.6. The second-order valence-corrected chi connectivity index (χ2v) is 17.1. The normalized spacial score (nSPS) is 12.2. The molecule has 6 aromatic rings. The van der Waals surface area contributed by atoms with Crippen molar-refractivity contribution in [2.45, 2.75) is 36.0 Å². The van der Waals surface area contributed by atoms with Crippen LogP contribution in [0.1, 0.15) is 25.0 Å². The van der Waals surface area contributed by atoms with E-state index in [0.29, 0.717) is 45.9 Å².